The fourth-order valence-corrected chi connectivity index (χ4v) is 3.95. The van der Waals surface area contributed by atoms with Crippen molar-refractivity contribution in [1.29, 1.82) is 0 Å². The van der Waals surface area contributed by atoms with E-state index in [-0.39, 0.29) is 24.3 Å². The zero-order valence-corrected chi connectivity index (χ0v) is 18.8. The number of carbonyl (C=O) groups excluding carboxylic acids is 3. The molecule has 0 unspecified atom stereocenters. The highest BCUT2D eigenvalue weighted by atomic mass is 19.1. The molecule has 0 heterocycles. The maximum absolute atomic E-state index is 13.9. The van der Waals surface area contributed by atoms with E-state index in [1.165, 1.54) is 6.07 Å². The van der Waals surface area contributed by atoms with E-state index in [9.17, 15) is 23.2 Å². The smallest absolute Gasteiger partial charge is 0.257 e. The highest BCUT2D eigenvalue weighted by Crippen LogP contribution is 2.26. The second-order valence-corrected chi connectivity index (χ2v) is 8.68. The van der Waals surface area contributed by atoms with E-state index in [4.69, 9.17) is 0 Å². The maximum Gasteiger partial charge on any atom is 0.257 e. The Morgan fingerprint density at radius 1 is 1.00 bits per heavy atom. The van der Waals surface area contributed by atoms with Gasteiger partial charge in [-0.05, 0) is 48.6 Å². The van der Waals surface area contributed by atoms with E-state index in [2.05, 4.69) is 16.0 Å². The van der Waals surface area contributed by atoms with Crippen LogP contribution in [0.2, 0.25) is 0 Å². The van der Waals surface area contributed by atoms with Crippen LogP contribution in [0.4, 0.5) is 14.5 Å². The summed E-state index contributed by atoms with van der Waals surface area (Å²) in [6.45, 7) is 3.61. The van der Waals surface area contributed by atoms with Crippen molar-refractivity contribution in [3.63, 3.8) is 0 Å². The van der Waals surface area contributed by atoms with Crippen LogP contribution < -0.4 is 16.0 Å². The van der Waals surface area contributed by atoms with E-state index in [1.54, 1.807) is 32.0 Å². The van der Waals surface area contributed by atoms with Gasteiger partial charge in [-0.15, -0.1) is 0 Å². The molecule has 1 fully saturated rings. The van der Waals surface area contributed by atoms with Crippen molar-refractivity contribution in [3.8, 4) is 0 Å². The lowest BCUT2D eigenvalue weighted by Crippen LogP contribution is -2.49. The minimum absolute atomic E-state index is 0.0108. The van der Waals surface area contributed by atoms with Crippen molar-refractivity contribution >= 4 is 23.4 Å². The van der Waals surface area contributed by atoms with Gasteiger partial charge in [-0.1, -0.05) is 44.9 Å². The Bertz CT molecular complexity index is 999. The Kier molecular flexibility index (Phi) is 8.14. The average molecular weight is 458 g/mol. The van der Waals surface area contributed by atoms with E-state index in [0.717, 1.165) is 43.4 Å². The summed E-state index contributed by atoms with van der Waals surface area (Å²) in [7, 11) is 0. The Balaban J connectivity index is 1.60. The van der Waals surface area contributed by atoms with Crippen LogP contribution in [0, 0.1) is 23.5 Å². The second-order valence-electron chi connectivity index (χ2n) is 8.68. The summed E-state index contributed by atoms with van der Waals surface area (Å²) >= 11 is 0. The molecule has 0 radical (unpaired) electrons. The van der Waals surface area contributed by atoms with Crippen molar-refractivity contribution in [3.05, 3.63) is 65.2 Å². The lowest BCUT2D eigenvalue weighted by Gasteiger charge is -2.22. The van der Waals surface area contributed by atoms with Crippen LogP contribution in [0.25, 0.3) is 0 Å². The first kappa shape index (κ1) is 24.4. The zero-order valence-electron chi connectivity index (χ0n) is 18.8. The molecule has 3 rings (SSSR count). The van der Waals surface area contributed by atoms with E-state index in [1.807, 2.05) is 6.07 Å². The normalized spacial score (nSPS) is 14.7. The topological polar surface area (TPSA) is 87.3 Å². The van der Waals surface area contributed by atoms with Crippen LogP contribution in [0.3, 0.4) is 0 Å². The second kappa shape index (κ2) is 11.0. The van der Waals surface area contributed by atoms with Gasteiger partial charge in [-0.3, -0.25) is 14.4 Å². The van der Waals surface area contributed by atoms with Gasteiger partial charge in [0.2, 0.25) is 11.8 Å². The Morgan fingerprint density at radius 2 is 1.64 bits per heavy atom. The molecule has 1 aliphatic carbocycles. The van der Waals surface area contributed by atoms with Gasteiger partial charge >= 0.3 is 0 Å². The van der Waals surface area contributed by atoms with Gasteiger partial charge in [0.25, 0.3) is 5.91 Å². The molecule has 3 N–H and O–H groups in total. The predicted molar refractivity (Wildman–Crippen MR) is 121 cm³/mol. The van der Waals surface area contributed by atoms with Crippen molar-refractivity contribution in [1.82, 2.24) is 10.6 Å². The maximum atomic E-state index is 13.9. The molecular weight excluding hydrogens is 428 g/mol. The highest BCUT2D eigenvalue weighted by molar-refractivity contribution is 5.98. The van der Waals surface area contributed by atoms with E-state index >= 15 is 0 Å². The summed E-state index contributed by atoms with van der Waals surface area (Å²) in [6.07, 6.45) is 3.95. The van der Waals surface area contributed by atoms with Gasteiger partial charge in [0.1, 0.15) is 23.2 Å². The number of nitrogens with one attached hydrogen (secondary N) is 3. The summed E-state index contributed by atoms with van der Waals surface area (Å²) in [5.41, 5.74) is 0.700. The van der Waals surface area contributed by atoms with E-state index < -0.39 is 35.1 Å². The SMILES string of the molecule is CC(C)[C@H](NC(=O)c1c(F)cccc1F)C(=O)NCc1cccc(NC(=O)C2CCCC2)c1. The molecule has 0 saturated heterocycles. The summed E-state index contributed by atoms with van der Waals surface area (Å²) < 4.78 is 27.8. The number of carbonyl (C=O) groups is 3. The van der Waals surface area contributed by atoms with Crippen molar-refractivity contribution in [2.75, 3.05) is 5.32 Å². The molecule has 3 amide bonds. The van der Waals surface area contributed by atoms with Gasteiger partial charge in [-0.25, -0.2) is 8.78 Å². The monoisotopic (exact) mass is 457 g/mol. The standard InChI is InChI=1S/C25H29F2N3O3/c1-15(2)22(30-24(32)21-19(26)11-6-12-20(21)27)25(33)28-14-16-7-5-10-18(13-16)29-23(31)17-8-3-4-9-17/h5-7,10-13,15,17,22H,3-4,8-9,14H2,1-2H3,(H,28,33)(H,29,31)(H,30,32)/t22-/m0/s1. The number of benzene rings is 2. The summed E-state index contributed by atoms with van der Waals surface area (Å²) in [5, 5.41) is 8.11. The molecule has 33 heavy (non-hydrogen) atoms. The number of hydrogen-bond acceptors (Lipinski definition) is 3. The highest BCUT2D eigenvalue weighted by Gasteiger charge is 2.27. The minimum Gasteiger partial charge on any atom is -0.350 e. The van der Waals surface area contributed by atoms with Gasteiger partial charge in [-0.2, -0.15) is 0 Å². The molecule has 6 nitrogen and oxygen atoms in total. The van der Waals surface area contributed by atoms with Crippen LogP contribution in [0.1, 0.15) is 55.5 Å². The Labute approximate surface area is 192 Å². The first-order valence-electron chi connectivity index (χ1n) is 11.2. The van der Waals surface area contributed by atoms with E-state index in [0.29, 0.717) is 5.69 Å². The molecule has 1 aliphatic rings. The van der Waals surface area contributed by atoms with Crippen LogP contribution in [-0.2, 0) is 16.1 Å². The molecule has 0 aromatic heterocycles. The molecule has 176 valence electrons. The van der Waals surface area contributed by atoms with Gasteiger partial charge in [0.15, 0.2) is 0 Å². The summed E-state index contributed by atoms with van der Waals surface area (Å²) in [5.74, 6) is -3.72. The quantitative estimate of drug-likeness (QED) is 0.556. The zero-order chi connectivity index (χ0) is 24.0. The molecule has 1 saturated carbocycles. The van der Waals surface area contributed by atoms with Crippen LogP contribution >= 0.6 is 0 Å². The van der Waals surface area contributed by atoms with Crippen molar-refractivity contribution in [2.24, 2.45) is 11.8 Å². The molecule has 0 aliphatic heterocycles. The minimum atomic E-state index is -0.994. The third-order valence-corrected chi connectivity index (χ3v) is 5.81. The number of rotatable bonds is 8. The Morgan fingerprint density at radius 3 is 2.27 bits per heavy atom. The molecular formula is C25H29F2N3O3. The molecule has 0 spiro atoms. The number of hydrogen-bond donors (Lipinski definition) is 3. The fraction of sp³-hybridized carbons (Fsp3) is 0.400. The molecule has 2 aromatic carbocycles. The van der Waals surface area contributed by atoms with Gasteiger partial charge in [0.05, 0.1) is 0 Å². The van der Waals surface area contributed by atoms with Crippen LogP contribution in [-0.4, -0.2) is 23.8 Å². The molecule has 8 heteroatoms. The number of halogens is 2. The lowest BCUT2D eigenvalue weighted by atomic mass is 10.0. The van der Waals surface area contributed by atoms with Crippen molar-refractivity contribution < 1.29 is 23.2 Å². The van der Waals surface area contributed by atoms with Crippen LogP contribution in [0.15, 0.2) is 42.5 Å². The molecule has 0 bridgehead atoms. The summed E-state index contributed by atoms with van der Waals surface area (Å²) in [4.78, 5) is 37.5. The third-order valence-electron chi connectivity index (χ3n) is 5.81. The predicted octanol–water partition coefficient (Wildman–Crippen LogP) is 4.16. The first-order chi connectivity index (χ1) is 15.8. The van der Waals surface area contributed by atoms with Gasteiger partial charge in [0, 0.05) is 18.2 Å². The van der Waals surface area contributed by atoms with Gasteiger partial charge < -0.3 is 16.0 Å². The largest absolute Gasteiger partial charge is 0.350 e. The summed E-state index contributed by atoms with van der Waals surface area (Å²) in [6, 6.07) is 9.32. The van der Waals surface area contributed by atoms with Crippen LogP contribution in [0.5, 0.6) is 0 Å². The number of anilines is 1. The Hall–Kier alpha value is -3.29. The lowest BCUT2D eigenvalue weighted by molar-refractivity contribution is -0.124. The fourth-order valence-electron chi connectivity index (χ4n) is 3.95. The molecule has 1 atom stereocenters. The number of amides is 3. The third kappa shape index (κ3) is 6.37. The first-order valence-corrected chi connectivity index (χ1v) is 11.2. The molecule has 2 aromatic rings. The van der Waals surface area contributed by atoms with Crippen molar-refractivity contribution in [2.45, 2.75) is 52.1 Å². The average Bonchev–Trinajstić information content (AvgIpc) is 3.31.